The smallest absolute Gasteiger partial charge is 0.248 e. The molecule has 4 heteroatoms. The van der Waals surface area contributed by atoms with Gasteiger partial charge in [-0.2, -0.15) is 5.26 Å². The van der Waals surface area contributed by atoms with E-state index >= 15 is 0 Å². The number of carbonyl (C=O) groups is 1. The maximum Gasteiger partial charge on any atom is 0.248 e. The van der Waals surface area contributed by atoms with E-state index in [4.69, 9.17) is 0 Å². The zero-order valence-electron chi connectivity index (χ0n) is 13.8. The van der Waals surface area contributed by atoms with Gasteiger partial charge in [0.25, 0.3) is 0 Å². The van der Waals surface area contributed by atoms with Crippen molar-refractivity contribution in [1.82, 2.24) is 0 Å². The topological polar surface area (TPSA) is 52.9 Å². The van der Waals surface area contributed by atoms with Crippen LogP contribution in [0.4, 0.5) is 5.69 Å². The lowest BCUT2D eigenvalue weighted by Crippen LogP contribution is -2.09. The molecule has 0 radical (unpaired) electrons. The van der Waals surface area contributed by atoms with Gasteiger partial charge in [-0.15, -0.1) is 0 Å². The normalized spacial score (nSPS) is 10.5. The molecule has 0 fully saturated rings. The summed E-state index contributed by atoms with van der Waals surface area (Å²) in [5.74, 6) is -0.285. The number of anilines is 1. The Kier molecular flexibility index (Phi) is 5.62. The molecular weight excluding hydrogens is 388 g/mol. The minimum atomic E-state index is -0.285. The van der Waals surface area contributed by atoms with Gasteiger partial charge in [-0.1, -0.05) is 64.5 Å². The van der Waals surface area contributed by atoms with Crippen LogP contribution in [0.15, 0.2) is 83.3 Å². The molecule has 3 rings (SSSR count). The molecule has 0 aliphatic rings. The first-order chi connectivity index (χ1) is 12.7. The van der Waals surface area contributed by atoms with Gasteiger partial charge >= 0.3 is 0 Å². The van der Waals surface area contributed by atoms with Crippen LogP contribution in [0.5, 0.6) is 0 Å². The van der Waals surface area contributed by atoms with Gasteiger partial charge in [0.2, 0.25) is 5.91 Å². The van der Waals surface area contributed by atoms with E-state index in [0.717, 1.165) is 21.2 Å². The largest absolute Gasteiger partial charge is 0.321 e. The molecular formula is C22H15BrN2O. The van der Waals surface area contributed by atoms with Crippen LogP contribution in [0.1, 0.15) is 11.1 Å². The number of nitrogens with zero attached hydrogens (tertiary/aromatic N) is 1. The van der Waals surface area contributed by atoms with Gasteiger partial charge in [0.05, 0.1) is 11.3 Å². The highest BCUT2D eigenvalue weighted by molar-refractivity contribution is 9.10. The molecule has 126 valence electrons. The van der Waals surface area contributed by atoms with Crippen molar-refractivity contribution in [2.75, 3.05) is 5.32 Å². The minimum Gasteiger partial charge on any atom is -0.321 e. The Hall–Kier alpha value is -3.16. The number of carbonyl (C=O) groups excluding carboxylic acids is 1. The second-order valence-corrected chi connectivity index (χ2v) is 6.53. The van der Waals surface area contributed by atoms with E-state index in [-0.39, 0.29) is 5.91 Å². The number of hydrogen-bond donors (Lipinski definition) is 1. The predicted molar refractivity (Wildman–Crippen MR) is 108 cm³/mol. The summed E-state index contributed by atoms with van der Waals surface area (Å²) < 4.78 is 0.947. The van der Waals surface area contributed by atoms with Crippen LogP contribution in [-0.2, 0) is 4.79 Å². The summed E-state index contributed by atoms with van der Waals surface area (Å²) in [7, 11) is 0. The summed E-state index contributed by atoms with van der Waals surface area (Å²) in [6.45, 7) is 0. The standard InChI is InChI=1S/C22H15BrN2O/c23-20-8-4-5-16(13-20)9-12-22(26)25-21-14-18(10-11-19(21)15-24)17-6-2-1-3-7-17/h1-14H,(H,25,26)/b12-9+. The molecule has 0 bridgehead atoms. The number of nitrogens with one attached hydrogen (secondary N) is 1. The molecule has 3 nitrogen and oxygen atoms in total. The monoisotopic (exact) mass is 402 g/mol. The van der Waals surface area contributed by atoms with Crippen molar-refractivity contribution >= 4 is 33.6 Å². The van der Waals surface area contributed by atoms with Gasteiger partial charge in [-0.3, -0.25) is 4.79 Å². The Morgan fingerprint density at radius 3 is 2.50 bits per heavy atom. The summed E-state index contributed by atoms with van der Waals surface area (Å²) in [5.41, 5.74) is 3.80. The highest BCUT2D eigenvalue weighted by Gasteiger charge is 2.07. The number of amides is 1. The predicted octanol–water partition coefficient (Wildman–Crippen LogP) is 5.64. The molecule has 26 heavy (non-hydrogen) atoms. The molecule has 0 atom stereocenters. The van der Waals surface area contributed by atoms with Crippen LogP contribution < -0.4 is 5.32 Å². The van der Waals surface area contributed by atoms with Gasteiger partial charge in [0.1, 0.15) is 6.07 Å². The fraction of sp³-hybridized carbons (Fsp3) is 0. The third-order valence-corrected chi connectivity index (χ3v) is 4.27. The van der Waals surface area contributed by atoms with Crippen LogP contribution >= 0.6 is 15.9 Å². The van der Waals surface area contributed by atoms with Crippen molar-refractivity contribution in [2.24, 2.45) is 0 Å². The SMILES string of the molecule is N#Cc1ccc(-c2ccccc2)cc1NC(=O)/C=C/c1cccc(Br)c1. The van der Waals surface area contributed by atoms with Crippen molar-refractivity contribution in [3.05, 3.63) is 94.5 Å². The molecule has 1 N–H and O–H groups in total. The van der Waals surface area contributed by atoms with E-state index in [1.165, 1.54) is 6.08 Å². The molecule has 0 aromatic heterocycles. The Morgan fingerprint density at radius 1 is 0.962 bits per heavy atom. The Bertz CT molecular complexity index is 1000. The Morgan fingerprint density at radius 2 is 1.77 bits per heavy atom. The summed E-state index contributed by atoms with van der Waals surface area (Å²) in [5, 5.41) is 12.1. The van der Waals surface area contributed by atoms with Gasteiger partial charge in [-0.05, 0) is 47.0 Å². The van der Waals surface area contributed by atoms with Crippen molar-refractivity contribution in [3.8, 4) is 17.2 Å². The zero-order chi connectivity index (χ0) is 18.4. The quantitative estimate of drug-likeness (QED) is 0.574. The number of hydrogen-bond acceptors (Lipinski definition) is 2. The summed E-state index contributed by atoms with van der Waals surface area (Å²) >= 11 is 3.40. The van der Waals surface area contributed by atoms with E-state index in [1.807, 2.05) is 66.7 Å². The number of nitriles is 1. The number of halogens is 1. The first-order valence-corrected chi connectivity index (χ1v) is 8.79. The fourth-order valence-corrected chi connectivity index (χ4v) is 2.93. The fourth-order valence-electron chi connectivity index (χ4n) is 2.51. The first-order valence-electron chi connectivity index (χ1n) is 8.00. The Balaban J connectivity index is 1.82. The number of rotatable bonds is 4. The van der Waals surface area contributed by atoms with Gasteiger partial charge in [0, 0.05) is 10.5 Å². The zero-order valence-corrected chi connectivity index (χ0v) is 15.4. The summed E-state index contributed by atoms with van der Waals surface area (Å²) in [6.07, 6.45) is 3.19. The van der Waals surface area contributed by atoms with E-state index < -0.39 is 0 Å². The highest BCUT2D eigenvalue weighted by Crippen LogP contribution is 2.25. The average Bonchev–Trinajstić information content (AvgIpc) is 2.67. The third kappa shape index (κ3) is 4.47. The summed E-state index contributed by atoms with van der Waals surface area (Å²) in [6, 6.07) is 25.0. The summed E-state index contributed by atoms with van der Waals surface area (Å²) in [4.78, 5) is 12.3. The lowest BCUT2D eigenvalue weighted by atomic mass is 10.0. The second-order valence-electron chi connectivity index (χ2n) is 5.62. The van der Waals surface area contributed by atoms with E-state index in [2.05, 4.69) is 27.3 Å². The van der Waals surface area contributed by atoms with Crippen molar-refractivity contribution in [2.45, 2.75) is 0 Å². The molecule has 3 aromatic rings. The molecule has 0 unspecified atom stereocenters. The van der Waals surface area contributed by atoms with Crippen molar-refractivity contribution < 1.29 is 4.79 Å². The van der Waals surface area contributed by atoms with Crippen LogP contribution in [0.3, 0.4) is 0 Å². The average molecular weight is 403 g/mol. The number of benzene rings is 3. The third-order valence-electron chi connectivity index (χ3n) is 3.78. The molecule has 3 aromatic carbocycles. The van der Waals surface area contributed by atoms with E-state index in [1.54, 1.807) is 12.1 Å². The molecule has 0 aliphatic carbocycles. The van der Waals surface area contributed by atoms with Gasteiger partial charge in [-0.25, -0.2) is 0 Å². The van der Waals surface area contributed by atoms with E-state index in [9.17, 15) is 10.1 Å². The van der Waals surface area contributed by atoms with Crippen LogP contribution in [0, 0.1) is 11.3 Å². The molecule has 0 spiro atoms. The van der Waals surface area contributed by atoms with Crippen molar-refractivity contribution in [3.63, 3.8) is 0 Å². The molecule has 0 heterocycles. The van der Waals surface area contributed by atoms with Crippen molar-refractivity contribution in [1.29, 1.82) is 5.26 Å². The maximum absolute atomic E-state index is 12.3. The van der Waals surface area contributed by atoms with Gasteiger partial charge in [0.15, 0.2) is 0 Å². The van der Waals surface area contributed by atoms with Crippen LogP contribution in [0.2, 0.25) is 0 Å². The molecule has 1 amide bonds. The highest BCUT2D eigenvalue weighted by atomic mass is 79.9. The molecule has 0 saturated carbocycles. The molecule has 0 aliphatic heterocycles. The minimum absolute atomic E-state index is 0.285. The lowest BCUT2D eigenvalue weighted by molar-refractivity contribution is -0.111. The van der Waals surface area contributed by atoms with Gasteiger partial charge < -0.3 is 5.32 Å². The van der Waals surface area contributed by atoms with E-state index in [0.29, 0.717) is 11.3 Å². The second kappa shape index (κ2) is 8.28. The van der Waals surface area contributed by atoms with Crippen LogP contribution in [0.25, 0.3) is 17.2 Å². The Labute approximate surface area is 160 Å². The maximum atomic E-state index is 12.3. The lowest BCUT2D eigenvalue weighted by Gasteiger charge is -2.08. The first kappa shape index (κ1) is 17.7. The molecule has 0 saturated heterocycles. The van der Waals surface area contributed by atoms with Crippen LogP contribution in [-0.4, -0.2) is 5.91 Å².